The van der Waals surface area contributed by atoms with Crippen LogP contribution >= 0.6 is 11.8 Å². The Balaban J connectivity index is 1.77. The summed E-state index contributed by atoms with van der Waals surface area (Å²) in [5.41, 5.74) is 3.06. The first-order valence-corrected chi connectivity index (χ1v) is 12.0. The number of nitrogens with zero attached hydrogens (tertiary/aromatic N) is 5. The minimum atomic E-state index is -3.05. The number of carbonyl (C=O) groups excluding carboxylic acids is 1. The van der Waals surface area contributed by atoms with Crippen molar-refractivity contribution in [2.24, 2.45) is 0 Å². The van der Waals surface area contributed by atoms with E-state index in [-0.39, 0.29) is 23.5 Å². The molecule has 0 N–H and O–H groups in total. The molecule has 1 saturated heterocycles. The summed E-state index contributed by atoms with van der Waals surface area (Å²) in [5, 5.41) is 12.0. The van der Waals surface area contributed by atoms with E-state index in [4.69, 9.17) is 0 Å². The van der Waals surface area contributed by atoms with Gasteiger partial charge in [-0.3, -0.25) is 4.79 Å². The Kier molecular flexibility index (Phi) is 6.09. The maximum absolute atomic E-state index is 13.0. The van der Waals surface area contributed by atoms with E-state index in [9.17, 15) is 13.2 Å². The molecule has 2 atom stereocenters. The normalized spacial score (nSPS) is 19.5. The third-order valence-corrected chi connectivity index (χ3v) is 7.70. The van der Waals surface area contributed by atoms with Crippen LogP contribution < -0.4 is 0 Å². The molecular weight excluding hydrogens is 398 g/mol. The molecule has 1 fully saturated rings. The lowest BCUT2D eigenvalue weighted by Crippen LogP contribution is -2.44. The average Bonchev–Trinajstić information content (AvgIpc) is 3.22. The van der Waals surface area contributed by atoms with Crippen LogP contribution in [0.4, 0.5) is 0 Å². The molecule has 0 aliphatic carbocycles. The first-order valence-electron chi connectivity index (χ1n) is 9.25. The van der Waals surface area contributed by atoms with Crippen molar-refractivity contribution in [3.8, 4) is 5.69 Å². The number of amides is 1. The largest absolute Gasteiger partial charge is 0.338 e. The van der Waals surface area contributed by atoms with E-state index < -0.39 is 15.1 Å². The van der Waals surface area contributed by atoms with Crippen LogP contribution in [-0.2, 0) is 14.6 Å². The molecule has 1 aromatic heterocycles. The molecule has 1 aliphatic rings. The van der Waals surface area contributed by atoms with E-state index in [0.29, 0.717) is 18.1 Å². The van der Waals surface area contributed by atoms with Gasteiger partial charge < -0.3 is 4.90 Å². The molecular formula is C18H25N5O3S2. The third kappa shape index (κ3) is 4.38. The quantitative estimate of drug-likeness (QED) is 0.653. The first-order chi connectivity index (χ1) is 13.2. The summed E-state index contributed by atoms with van der Waals surface area (Å²) in [4.78, 5) is 14.7. The predicted molar refractivity (Wildman–Crippen MR) is 108 cm³/mol. The van der Waals surface area contributed by atoms with Gasteiger partial charge in [0.1, 0.15) is 0 Å². The van der Waals surface area contributed by atoms with Crippen LogP contribution in [0.15, 0.2) is 23.4 Å². The van der Waals surface area contributed by atoms with Crippen molar-refractivity contribution in [3.63, 3.8) is 0 Å². The highest BCUT2D eigenvalue weighted by atomic mass is 32.2. The number of aryl methyl sites for hydroxylation is 2. The van der Waals surface area contributed by atoms with Gasteiger partial charge in [-0.1, -0.05) is 29.5 Å². The van der Waals surface area contributed by atoms with Gasteiger partial charge in [0.15, 0.2) is 9.84 Å². The van der Waals surface area contributed by atoms with Gasteiger partial charge in [-0.25, -0.2) is 8.42 Å². The molecule has 3 rings (SSSR count). The maximum Gasteiger partial charge on any atom is 0.236 e. The molecule has 1 aromatic carbocycles. The SMILES string of the molecule is CCN(C(=O)[C@H](C)Sc1nnnn1-c1ccc(C)cc1C)[C@@H]1CCS(=O)(=O)C1. The molecule has 1 amide bonds. The Morgan fingerprint density at radius 1 is 1.39 bits per heavy atom. The Morgan fingerprint density at radius 2 is 2.14 bits per heavy atom. The molecule has 0 radical (unpaired) electrons. The fraction of sp³-hybridized carbons (Fsp3) is 0.556. The second-order valence-corrected chi connectivity index (χ2v) is 10.6. The highest BCUT2D eigenvalue weighted by molar-refractivity contribution is 8.00. The van der Waals surface area contributed by atoms with Crippen molar-refractivity contribution in [2.45, 2.75) is 50.6 Å². The number of hydrogen-bond donors (Lipinski definition) is 0. The summed E-state index contributed by atoms with van der Waals surface area (Å²) in [6.07, 6.45) is 0.500. The van der Waals surface area contributed by atoms with Crippen molar-refractivity contribution in [1.82, 2.24) is 25.1 Å². The van der Waals surface area contributed by atoms with Crippen molar-refractivity contribution >= 4 is 27.5 Å². The van der Waals surface area contributed by atoms with E-state index >= 15 is 0 Å². The average molecular weight is 424 g/mol. The van der Waals surface area contributed by atoms with Crippen LogP contribution in [0.3, 0.4) is 0 Å². The zero-order valence-corrected chi connectivity index (χ0v) is 18.1. The molecule has 2 heterocycles. The van der Waals surface area contributed by atoms with Crippen molar-refractivity contribution in [1.29, 1.82) is 0 Å². The zero-order chi connectivity index (χ0) is 20.5. The molecule has 10 heteroatoms. The molecule has 1 aliphatic heterocycles. The van der Waals surface area contributed by atoms with Gasteiger partial charge >= 0.3 is 0 Å². The Labute approximate surface area is 169 Å². The molecule has 28 heavy (non-hydrogen) atoms. The zero-order valence-electron chi connectivity index (χ0n) is 16.5. The number of aromatic nitrogens is 4. The highest BCUT2D eigenvalue weighted by Gasteiger charge is 2.35. The molecule has 0 spiro atoms. The summed E-state index contributed by atoms with van der Waals surface area (Å²) in [5.74, 6) is 0.0998. The van der Waals surface area contributed by atoms with E-state index in [1.54, 1.807) is 16.5 Å². The first kappa shape index (κ1) is 20.8. The number of rotatable bonds is 6. The number of hydrogen-bond acceptors (Lipinski definition) is 7. The number of sulfone groups is 1. The smallest absolute Gasteiger partial charge is 0.236 e. The highest BCUT2D eigenvalue weighted by Crippen LogP contribution is 2.27. The Bertz CT molecular complexity index is 973. The molecule has 8 nitrogen and oxygen atoms in total. The van der Waals surface area contributed by atoms with Crippen LogP contribution in [0.5, 0.6) is 0 Å². The van der Waals surface area contributed by atoms with Crippen molar-refractivity contribution in [3.05, 3.63) is 29.3 Å². The third-order valence-electron chi connectivity index (χ3n) is 4.92. The van der Waals surface area contributed by atoms with Gasteiger partial charge in [0.2, 0.25) is 11.1 Å². The summed E-state index contributed by atoms with van der Waals surface area (Å²) in [7, 11) is -3.05. The van der Waals surface area contributed by atoms with E-state index in [1.807, 2.05) is 32.9 Å². The van der Waals surface area contributed by atoms with Gasteiger partial charge in [-0.15, -0.1) is 5.10 Å². The molecule has 0 bridgehead atoms. The Hall–Kier alpha value is -1.94. The predicted octanol–water partition coefficient (Wildman–Crippen LogP) is 1.80. The van der Waals surface area contributed by atoms with Gasteiger partial charge in [-0.05, 0) is 56.2 Å². The number of thioether (sulfide) groups is 1. The second-order valence-electron chi connectivity index (χ2n) is 7.10. The van der Waals surface area contributed by atoms with Crippen molar-refractivity contribution < 1.29 is 13.2 Å². The monoisotopic (exact) mass is 423 g/mol. The second kappa shape index (κ2) is 8.20. The van der Waals surface area contributed by atoms with Gasteiger partial charge in [-0.2, -0.15) is 4.68 Å². The number of carbonyl (C=O) groups is 1. The summed E-state index contributed by atoms with van der Waals surface area (Å²) < 4.78 is 25.2. The van der Waals surface area contributed by atoms with E-state index in [1.165, 1.54) is 11.8 Å². The van der Waals surface area contributed by atoms with Crippen LogP contribution in [0.2, 0.25) is 0 Å². The number of benzene rings is 1. The van der Waals surface area contributed by atoms with Gasteiger partial charge in [0.05, 0.1) is 22.4 Å². The van der Waals surface area contributed by atoms with E-state index in [2.05, 4.69) is 21.6 Å². The minimum Gasteiger partial charge on any atom is -0.338 e. The molecule has 0 saturated carbocycles. The van der Waals surface area contributed by atoms with Crippen molar-refractivity contribution in [2.75, 3.05) is 18.1 Å². The Morgan fingerprint density at radius 3 is 2.75 bits per heavy atom. The van der Waals surface area contributed by atoms with Crippen LogP contribution in [-0.4, -0.2) is 68.8 Å². The molecule has 0 unspecified atom stereocenters. The van der Waals surface area contributed by atoms with Gasteiger partial charge in [0, 0.05) is 12.6 Å². The van der Waals surface area contributed by atoms with Gasteiger partial charge in [0.25, 0.3) is 0 Å². The van der Waals surface area contributed by atoms with Crippen LogP contribution in [0, 0.1) is 13.8 Å². The lowest BCUT2D eigenvalue weighted by Gasteiger charge is -2.29. The lowest BCUT2D eigenvalue weighted by atomic mass is 10.1. The van der Waals surface area contributed by atoms with Crippen LogP contribution in [0.25, 0.3) is 5.69 Å². The van der Waals surface area contributed by atoms with E-state index in [0.717, 1.165) is 16.8 Å². The maximum atomic E-state index is 13.0. The minimum absolute atomic E-state index is 0.0459. The molecule has 2 aromatic rings. The lowest BCUT2D eigenvalue weighted by molar-refractivity contribution is -0.131. The van der Waals surface area contributed by atoms with Crippen LogP contribution in [0.1, 0.15) is 31.4 Å². The molecule has 152 valence electrons. The topological polar surface area (TPSA) is 98.1 Å². The number of tetrazole rings is 1. The summed E-state index contributed by atoms with van der Waals surface area (Å²) in [6.45, 7) is 8.17. The standard InChI is InChI=1S/C18H25N5O3S2/c1-5-22(15-8-9-28(25,26)11-15)17(24)14(4)27-18-19-20-21-23(18)16-7-6-12(2)10-13(16)3/h6-7,10,14-15H,5,8-9,11H2,1-4H3/t14-,15+/m0/s1. The fourth-order valence-corrected chi connectivity index (χ4v) is 6.11. The fourth-order valence-electron chi connectivity index (χ4n) is 3.50. The summed E-state index contributed by atoms with van der Waals surface area (Å²) >= 11 is 1.28. The summed E-state index contributed by atoms with van der Waals surface area (Å²) in [6, 6.07) is 5.76.